The molecule has 0 aliphatic carbocycles. The minimum absolute atomic E-state index is 0.226. The lowest BCUT2D eigenvalue weighted by molar-refractivity contribution is 0.428. The van der Waals surface area contributed by atoms with E-state index < -0.39 is 0 Å². The number of rotatable bonds is 2. The third-order valence-electron chi connectivity index (χ3n) is 4.17. The van der Waals surface area contributed by atoms with Crippen LogP contribution in [0.1, 0.15) is 22.5 Å². The van der Waals surface area contributed by atoms with Gasteiger partial charge >= 0.3 is 0 Å². The molecule has 4 nitrogen and oxygen atoms in total. The van der Waals surface area contributed by atoms with E-state index in [1.54, 1.807) is 6.07 Å². The zero-order valence-electron chi connectivity index (χ0n) is 13.3. The van der Waals surface area contributed by atoms with Gasteiger partial charge in [-0.05, 0) is 61.6 Å². The number of aryl methyl sites for hydroxylation is 3. The first-order chi connectivity index (χ1) is 11.0. The average Bonchev–Trinajstić information content (AvgIpc) is 3.01. The van der Waals surface area contributed by atoms with Crippen molar-refractivity contribution in [2.75, 3.05) is 0 Å². The number of benzene rings is 1. The van der Waals surface area contributed by atoms with Crippen LogP contribution in [0.25, 0.3) is 21.1 Å². The van der Waals surface area contributed by atoms with E-state index in [1.807, 2.05) is 23.6 Å². The smallest absolute Gasteiger partial charge is 0.194 e. The van der Waals surface area contributed by atoms with E-state index in [1.165, 1.54) is 32.7 Å². The number of fused-ring (bicyclic) bond motifs is 2. The van der Waals surface area contributed by atoms with Crippen molar-refractivity contribution in [3.05, 3.63) is 52.8 Å². The molecule has 0 bridgehead atoms. The number of hydrogen-bond acceptors (Lipinski definition) is 4. The minimum Gasteiger partial charge on any atom is -0.494 e. The molecule has 4 aromatic rings. The molecule has 0 atom stereocenters. The quantitative estimate of drug-likeness (QED) is 0.597. The van der Waals surface area contributed by atoms with E-state index in [0.717, 1.165) is 22.4 Å². The summed E-state index contributed by atoms with van der Waals surface area (Å²) in [6, 6.07) is 10.0. The molecule has 5 heteroatoms. The summed E-state index contributed by atoms with van der Waals surface area (Å²) in [6.07, 6.45) is 0. The number of hydrogen-bond donors (Lipinski definition) is 1. The molecule has 4 rings (SSSR count). The number of pyridine rings is 1. The lowest BCUT2D eigenvalue weighted by atomic mass is 10.1. The van der Waals surface area contributed by atoms with Crippen LogP contribution < -0.4 is 0 Å². The van der Waals surface area contributed by atoms with Crippen LogP contribution in [0, 0.1) is 20.8 Å². The van der Waals surface area contributed by atoms with Crippen LogP contribution in [-0.2, 0) is 6.54 Å². The standard InChI is InChI=1S/C18H17N3OS/c1-10-6-11(2)18-14(20-23-16(18)7-10)9-21-15-5-4-12(3)19-13(15)8-17(21)22/h4-8,22H,9H2,1-3H3. The highest BCUT2D eigenvalue weighted by Gasteiger charge is 2.14. The van der Waals surface area contributed by atoms with E-state index in [0.29, 0.717) is 6.54 Å². The molecular weight excluding hydrogens is 306 g/mol. The van der Waals surface area contributed by atoms with E-state index in [-0.39, 0.29) is 5.88 Å². The number of aromatic nitrogens is 3. The van der Waals surface area contributed by atoms with Gasteiger partial charge in [-0.1, -0.05) is 6.07 Å². The molecule has 0 amide bonds. The van der Waals surface area contributed by atoms with Crippen LogP contribution >= 0.6 is 11.5 Å². The Morgan fingerprint density at radius 3 is 2.78 bits per heavy atom. The third kappa shape index (κ3) is 2.28. The lowest BCUT2D eigenvalue weighted by Crippen LogP contribution is -2.00. The fourth-order valence-corrected chi connectivity index (χ4v) is 4.14. The van der Waals surface area contributed by atoms with Crippen LogP contribution in [0.5, 0.6) is 5.88 Å². The summed E-state index contributed by atoms with van der Waals surface area (Å²) in [5.74, 6) is 0.226. The second-order valence-corrected chi connectivity index (χ2v) is 6.83. The van der Waals surface area contributed by atoms with Crippen LogP contribution in [0.15, 0.2) is 30.3 Å². The maximum absolute atomic E-state index is 10.3. The van der Waals surface area contributed by atoms with Gasteiger partial charge in [0, 0.05) is 17.1 Å². The normalized spacial score (nSPS) is 11.6. The van der Waals surface area contributed by atoms with Gasteiger partial charge in [0.1, 0.15) is 0 Å². The predicted octanol–water partition coefficient (Wildman–Crippen LogP) is 4.33. The van der Waals surface area contributed by atoms with Crippen molar-refractivity contribution in [2.24, 2.45) is 0 Å². The molecule has 1 N–H and O–H groups in total. The topological polar surface area (TPSA) is 50.9 Å². The van der Waals surface area contributed by atoms with Gasteiger partial charge in [-0.2, -0.15) is 4.37 Å². The van der Waals surface area contributed by atoms with E-state index in [2.05, 4.69) is 35.3 Å². The Bertz CT molecular complexity index is 1050. The van der Waals surface area contributed by atoms with Crippen LogP contribution in [-0.4, -0.2) is 19.0 Å². The Kier molecular flexibility index (Phi) is 3.13. The average molecular weight is 323 g/mol. The maximum Gasteiger partial charge on any atom is 0.194 e. The second kappa shape index (κ2) is 5.06. The predicted molar refractivity (Wildman–Crippen MR) is 94.3 cm³/mol. The van der Waals surface area contributed by atoms with Gasteiger partial charge in [0.2, 0.25) is 0 Å². The lowest BCUT2D eigenvalue weighted by Gasteiger charge is -2.07. The van der Waals surface area contributed by atoms with Gasteiger partial charge in [-0.25, -0.2) is 0 Å². The summed E-state index contributed by atoms with van der Waals surface area (Å²) >= 11 is 1.52. The van der Waals surface area contributed by atoms with Crippen LogP contribution in [0.4, 0.5) is 0 Å². The molecule has 0 aliphatic rings. The highest BCUT2D eigenvalue weighted by Crippen LogP contribution is 2.31. The Morgan fingerprint density at radius 1 is 1.13 bits per heavy atom. The Morgan fingerprint density at radius 2 is 1.96 bits per heavy atom. The first-order valence-electron chi connectivity index (χ1n) is 7.54. The molecule has 0 saturated heterocycles. The summed E-state index contributed by atoms with van der Waals surface area (Å²) in [6.45, 7) is 6.72. The molecule has 3 heterocycles. The monoisotopic (exact) mass is 323 g/mol. The van der Waals surface area contributed by atoms with E-state index in [4.69, 9.17) is 0 Å². The molecule has 0 radical (unpaired) electrons. The Balaban J connectivity index is 1.87. The van der Waals surface area contributed by atoms with Crippen molar-refractivity contribution >= 4 is 32.7 Å². The van der Waals surface area contributed by atoms with Crippen LogP contribution in [0.2, 0.25) is 0 Å². The van der Waals surface area contributed by atoms with Crippen LogP contribution in [0.3, 0.4) is 0 Å². The fraction of sp³-hybridized carbons (Fsp3) is 0.222. The minimum atomic E-state index is 0.226. The van der Waals surface area contributed by atoms with Crippen molar-refractivity contribution < 1.29 is 5.11 Å². The molecular formula is C18H17N3OS. The van der Waals surface area contributed by atoms with E-state index in [9.17, 15) is 5.11 Å². The van der Waals surface area contributed by atoms with Gasteiger partial charge in [-0.15, -0.1) is 0 Å². The molecule has 3 aromatic heterocycles. The molecule has 23 heavy (non-hydrogen) atoms. The molecule has 0 saturated carbocycles. The van der Waals surface area contributed by atoms with Crippen molar-refractivity contribution in [2.45, 2.75) is 27.3 Å². The summed E-state index contributed by atoms with van der Waals surface area (Å²) < 4.78 is 7.69. The van der Waals surface area contributed by atoms with Gasteiger partial charge in [0.05, 0.1) is 28.0 Å². The molecule has 1 aromatic carbocycles. The van der Waals surface area contributed by atoms with Gasteiger partial charge in [0.15, 0.2) is 5.88 Å². The van der Waals surface area contributed by atoms with Gasteiger partial charge < -0.3 is 9.67 Å². The Labute approximate surface area is 138 Å². The summed E-state index contributed by atoms with van der Waals surface area (Å²) in [7, 11) is 0. The highest BCUT2D eigenvalue weighted by molar-refractivity contribution is 7.13. The molecule has 0 spiro atoms. The van der Waals surface area contributed by atoms with Crippen molar-refractivity contribution in [3.8, 4) is 5.88 Å². The third-order valence-corrected chi connectivity index (χ3v) is 5.00. The van der Waals surface area contributed by atoms with E-state index >= 15 is 0 Å². The van der Waals surface area contributed by atoms with Crippen molar-refractivity contribution in [3.63, 3.8) is 0 Å². The first-order valence-corrected chi connectivity index (χ1v) is 8.31. The highest BCUT2D eigenvalue weighted by atomic mass is 32.1. The maximum atomic E-state index is 10.3. The summed E-state index contributed by atoms with van der Waals surface area (Å²) in [5.41, 5.74) is 6.16. The molecule has 0 fully saturated rings. The van der Waals surface area contributed by atoms with Crippen molar-refractivity contribution in [1.29, 1.82) is 0 Å². The van der Waals surface area contributed by atoms with Gasteiger partial charge in [-0.3, -0.25) is 4.98 Å². The summed E-state index contributed by atoms with van der Waals surface area (Å²) in [5, 5.41) is 11.5. The summed E-state index contributed by atoms with van der Waals surface area (Å²) in [4.78, 5) is 4.48. The Hall–Kier alpha value is -2.40. The zero-order valence-corrected chi connectivity index (χ0v) is 14.1. The number of nitrogens with zero attached hydrogens (tertiary/aromatic N) is 3. The SMILES string of the molecule is Cc1cc(C)c2c(Cn3c(O)cc4nc(C)ccc43)nsc2c1. The number of aromatic hydroxyl groups is 1. The molecule has 0 aliphatic heterocycles. The zero-order chi connectivity index (χ0) is 16.1. The molecule has 116 valence electrons. The fourth-order valence-electron chi connectivity index (χ4n) is 3.17. The second-order valence-electron chi connectivity index (χ2n) is 6.03. The molecule has 0 unspecified atom stereocenters. The van der Waals surface area contributed by atoms with Crippen molar-refractivity contribution in [1.82, 2.24) is 13.9 Å². The van der Waals surface area contributed by atoms with Gasteiger partial charge in [0.25, 0.3) is 0 Å². The largest absolute Gasteiger partial charge is 0.494 e. The first kappa shape index (κ1) is 14.2.